The van der Waals surface area contributed by atoms with Crippen LogP contribution in [0.4, 0.5) is 0 Å². The highest BCUT2D eigenvalue weighted by Gasteiger charge is 2.16. The number of halogens is 1. The lowest BCUT2D eigenvalue weighted by molar-refractivity contribution is 0.0519. The van der Waals surface area contributed by atoms with E-state index in [4.69, 9.17) is 21.1 Å². The van der Waals surface area contributed by atoms with Crippen molar-refractivity contribution in [2.75, 3.05) is 13.7 Å². The molecular weight excluding hydrogens is 268 g/mol. The number of methoxy groups -OCH3 is 1. The van der Waals surface area contributed by atoms with E-state index in [2.05, 4.69) is 10.2 Å². The number of aromatic nitrogens is 2. The molecule has 0 radical (unpaired) electrons. The standard InChI is InChI=1S/C13H13ClN2O3/c1-3-19-13(17)10-7-9(15-16-10)12-8(14)5-4-6-11(12)18-2/h4-7H,3H2,1-2H3,(H,15,16). The Hall–Kier alpha value is -2.01. The molecule has 0 saturated heterocycles. The average Bonchev–Trinajstić information content (AvgIpc) is 2.88. The van der Waals surface area contributed by atoms with Gasteiger partial charge in [0, 0.05) is 0 Å². The summed E-state index contributed by atoms with van der Waals surface area (Å²) in [7, 11) is 1.55. The number of carbonyl (C=O) groups is 1. The van der Waals surface area contributed by atoms with Gasteiger partial charge >= 0.3 is 5.97 Å². The van der Waals surface area contributed by atoms with Crippen LogP contribution in [0.3, 0.4) is 0 Å². The first kappa shape index (κ1) is 13.4. The highest BCUT2D eigenvalue weighted by molar-refractivity contribution is 6.33. The Morgan fingerprint density at radius 1 is 1.47 bits per heavy atom. The van der Waals surface area contributed by atoms with Crippen molar-refractivity contribution in [2.45, 2.75) is 6.92 Å². The molecule has 0 amide bonds. The zero-order chi connectivity index (χ0) is 13.8. The molecule has 0 saturated carbocycles. The molecule has 0 spiro atoms. The Bertz CT molecular complexity index is 595. The van der Waals surface area contributed by atoms with Crippen LogP contribution in [0.15, 0.2) is 24.3 Å². The van der Waals surface area contributed by atoms with E-state index in [1.165, 1.54) is 0 Å². The van der Waals surface area contributed by atoms with Gasteiger partial charge in [0.25, 0.3) is 0 Å². The molecule has 0 aliphatic carbocycles. The maximum Gasteiger partial charge on any atom is 0.356 e. The molecule has 0 fully saturated rings. The van der Waals surface area contributed by atoms with Gasteiger partial charge in [-0.3, -0.25) is 5.10 Å². The van der Waals surface area contributed by atoms with Crippen LogP contribution in [-0.2, 0) is 4.74 Å². The number of carbonyl (C=O) groups excluding carboxylic acids is 1. The third-order valence-electron chi connectivity index (χ3n) is 2.52. The third-order valence-corrected chi connectivity index (χ3v) is 2.84. The Morgan fingerprint density at radius 3 is 2.95 bits per heavy atom. The fourth-order valence-corrected chi connectivity index (χ4v) is 1.95. The molecule has 19 heavy (non-hydrogen) atoms. The third kappa shape index (κ3) is 2.71. The summed E-state index contributed by atoms with van der Waals surface area (Å²) in [5, 5.41) is 7.20. The molecule has 5 nitrogen and oxygen atoms in total. The second kappa shape index (κ2) is 5.75. The van der Waals surface area contributed by atoms with Gasteiger partial charge in [-0.2, -0.15) is 5.10 Å². The predicted molar refractivity (Wildman–Crippen MR) is 71.5 cm³/mol. The first-order valence-corrected chi connectivity index (χ1v) is 6.10. The van der Waals surface area contributed by atoms with Gasteiger partial charge < -0.3 is 9.47 Å². The summed E-state index contributed by atoms with van der Waals surface area (Å²) < 4.78 is 10.1. The van der Waals surface area contributed by atoms with Crippen LogP contribution in [0.1, 0.15) is 17.4 Å². The Kier molecular flexibility index (Phi) is 4.06. The monoisotopic (exact) mass is 280 g/mol. The summed E-state index contributed by atoms with van der Waals surface area (Å²) in [6.07, 6.45) is 0. The van der Waals surface area contributed by atoms with E-state index in [0.717, 1.165) is 0 Å². The van der Waals surface area contributed by atoms with Gasteiger partial charge in [-0.15, -0.1) is 0 Å². The van der Waals surface area contributed by atoms with Crippen molar-refractivity contribution < 1.29 is 14.3 Å². The van der Waals surface area contributed by atoms with Crippen LogP contribution in [0.2, 0.25) is 5.02 Å². The highest BCUT2D eigenvalue weighted by Crippen LogP contribution is 2.35. The lowest BCUT2D eigenvalue weighted by Crippen LogP contribution is -2.04. The summed E-state index contributed by atoms with van der Waals surface area (Å²) >= 11 is 6.14. The molecule has 1 aromatic heterocycles. The molecule has 100 valence electrons. The fourth-order valence-electron chi connectivity index (χ4n) is 1.69. The molecule has 2 rings (SSSR count). The molecule has 1 N–H and O–H groups in total. The molecule has 6 heteroatoms. The summed E-state index contributed by atoms with van der Waals surface area (Å²) in [4.78, 5) is 11.6. The molecule has 0 aliphatic heterocycles. The number of rotatable bonds is 4. The van der Waals surface area contributed by atoms with Crippen LogP contribution >= 0.6 is 11.6 Å². The topological polar surface area (TPSA) is 64.2 Å². The summed E-state index contributed by atoms with van der Waals surface area (Å²) in [6.45, 7) is 2.05. The summed E-state index contributed by atoms with van der Waals surface area (Å²) in [5.41, 5.74) is 1.45. The fraction of sp³-hybridized carbons (Fsp3) is 0.231. The number of H-pyrrole nitrogens is 1. The summed E-state index contributed by atoms with van der Waals surface area (Å²) in [5.74, 6) is 0.140. The number of nitrogens with zero attached hydrogens (tertiary/aromatic N) is 1. The zero-order valence-electron chi connectivity index (χ0n) is 10.6. The largest absolute Gasteiger partial charge is 0.496 e. The van der Waals surface area contributed by atoms with Gasteiger partial charge in [-0.05, 0) is 25.1 Å². The van der Waals surface area contributed by atoms with Gasteiger partial charge in [0.1, 0.15) is 11.4 Å². The summed E-state index contributed by atoms with van der Waals surface area (Å²) in [6, 6.07) is 6.88. The van der Waals surface area contributed by atoms with Crippen molar-refractivity contribution in [2.24, 2.45) is 0 Å². The normalized spacial score (nSPS) is 10.3. The van der Waals surface area contributed by atoms with Crippen LogP contribution in [0, 0.1) is 0 Å². The van der Waals surface area contributed by atoms with Crippen molar-refractivity contribution in [3.05, 3.63) is 35.0 Å². The maximum absolute atomic E-state index is 11.6. The lowest BCUT2D eigenvalue weighted by Gasteiger charge is -2.07. The Morgan fingerprint density at radius 2 is 2.26 bits per heavy atom. The number of hydrogen-bond acceptors (Lipinski definition) is 4. The number of ether oxygens (including phenoxy) is 2. The van der Waals surface area contributed by atoms with Gasteiger partial charge in [0.05, 0.1) is 30.0 Å². The van der Waals surface area contributed by atoms with Crippen LogP contribution in [-0.4, -0.2) is 29.9 Å². The minimum absolute atomic E-state index is 0.277. The van der Waals surface area contributed by atoms with Crippen LogP contribution < -0.4 is 4.74 Å². The number of aromatic amines is 1. The Balaban J connectivity index is 2.41. The molecule has 0 unspecified atom stereocenters. The molecule has 2 aromatic rings. The van der Waals surface area contributed by atoms with Crippen molar-refractivity contribution in [3.63, 3.8) is 0 Å². The molecule has 1 aromatic carbocycles. The minimum atomic E-state index is -0.452. The average molecular weight is 281 g/mol. The first-order valence-electron chi connectivity index (χ1n) is 5.72. The highest BCUT2D eigenvalue weighted by atomic mass is 35.5. The molecule has 1 heterocycles. The molecule has 0 aliphatic rings. The number of benzene rings is 1. The van der Waals surface area contributed by atoms with E-state index in [1.54, 1.807) is 38.3 Å². The van der Waals surface area contributed by atoms with Crippen molar-refractivity contribution >= 4 is 17.6 Å². The molecule has 0 atom stereocenters. The van der Waals surface area contributed by atoms with Gasteiger partial charge in [0.2, 0.25) is 0 Å². The molecule has 0 bridgehead atoms. The van der Waals surface area contributed by atoms with E-state index in [-0.39, 0.29) is 5.69 Å². The van der Waals surface area contributed by atoms with Crippen LogP contribution in [0.5, 0.6) is 5.75 Å². The van der Waals surface area contributed by atoms with E-state index in [1.807, 2.05) is 0 Å². The van der Waals surface area contributed by atoms with E-state index in [9.17, 15) is 4.79 Å². The van der Waals surface area contributed by atoms with Gasteiger partial charge in [0.15, 0.2) is 0 Å². The first-order chi connectivity index (χ1) is 9.17. The van der Waals surface area contributed by atoms with Crippen LogP contribution in [0.25, 0.3) is 11.3 Å². The number of esters is 1. The predicted octanol–water partition coefficient (Wildman–Crippen LogP) is 2.92. The SMILES string of the molecule is CCOC(=O)c1cc(-c2c(Cl)cccc2OC)n[nH]1. The van der Waals surface area contributed by atoms with Crippen molar-refractivity contribution in [3.8, 4) is 17.0 Å². The second-order valence-corrected chi connectivity index (χ2v) is 4.11. The molecular formula is C13H13ClN2O3. The maximum atomic E-state index is 11.6. The van der Waals surface area contributed by atoms with E-state index in [0.29, 0.717) is 28.6 Å². The zero-order valence-corrected chi connectivity index (χ0v) is 11.3. The van der Waals surface area contributed by atoms with Gasteiger partial charge in [-0.1, -0.05) is 17.7 Å². The van der Waals surface area contributed by atoms with Crippen molar-refractivity contribution in [1.29, 1.82) is 0 Å². The van der Waals surface area contributed by atoms with Crippen molar-refractivity contribution in [1.82, 2.24) is 10.2 Å². The van der Waals surface area contributed by atoms with E-state index < -0.39 is 5.97 Å². The lowest BCUT2D eigenvalue weighted by atomic mass is 10.1. The van der Waals surface area contributed by atoms with Gasteiger partial charge in [-0.25, -0.2) is 4.79 Å². The van der Waals surface area contributed by atoms with E-state index >= 15 is 0 Å². The Labute approximate surface area is 115 Å². The smallest absolute Gasteiger partial charge is 0.356 e. The quantitative estimate of drug-likeness (QED) is 0.875. The number of hydrogen-bond donors (Lipinski definition) is 1. The number of nitrogens with one attached hydrogen (secondary N) is 1. The second-order valence-electron chi connectivity index (χ2n) is 3.70. The minimum Gasteiger partial charge on any atom is -0.496 e.